The average molecular weight is 484 g/mol. The highest BCUT2D eigenvalue weighted by molar-refractivity contribution is 9.10. The van der Waals surface area contributed by atoms with Crippen molar-refractivity contribution in [3.63, 3.8) is 0 Å². The van der Waals surface area contributed by atoms with E-state index in [0.717, 1.165) is 41.7 Å². The van der Waals surface area contributed by atoms with Crippen LogP contribution in [0.25, 0.3) is 0 Å². The summed E-state index contributed by atoms with van der Waals surface area (Å²) in [5.74, 6) is 3.19. The standard InChI is InChI=1S/C26H24BrClO2/c27-26-24(29-22-13-5-9-17-7-1-3-11-20(17)22)15-19(28)16-25(26)30-23-14-6-10-18-8-2-4-12-21(18)23/h5-6,9-10,13-16H,1-4,7-8,11-12H2. The minimum Gasteiger partial charge on any atom is -0.456 e. The number of rotatable bonds is 4. The van der Waals surface area contributed by atoms with Gasteiger partial charge in [-0.2, -0.15) is 0 Å². The Hall–Kier alpha value is -1.97. The molecule has 30 heavy (non-hydrogen) atoms. The summed E-state index contributed by atoms with van der Waals surface area (Å²) in [6.07, 6.45) is 9.27. The molecule has 0 spiro atoms. The van der Waals surface area contributed by atoms with Crippen LogP contribution in [0.1, 0.15) is 47.9 Å². The van der Waals surface area contributed by atoms with Gasteiger partial charge in [0.1, 0.15) is 27.5 Å². The van der Waals surface area contributed by atoms with Crippen molar-refractivity contribution < 1.29 is 9.47 Å². The van der Waals surface area contributed by atoms with Crippen molar-refractivity contribution in [2.75, 3.05) is 0 Å². The number of aryl methyl sites for hydroxylation is 2. The molecule has 2 aliphatic rings. The molecule has 0 aromatic heterocycles. The number of halogens is 2. The molecule has 0 aliphatic heterocycles. The molecule has 0 atom stereocenters. The average Bonchev–Trinajstić information content (AvgIpc) is 2.77. The molecule has 0 unspecified atom stereocenters. The molecule has 2 nitrogen and oxygen atoms in total. The number of hydrogen-bond acceptors (Lipinski definition) is 2. The third-order valence-corrected chi connectivity index (χ3v) is 7.12. The highest BCUT2D eigenvalue weighted by atomic mass is 79.9. The molecule has 3 aromatic rings. The molecule has 0 saturated carbocycles. The summed E-state index contributed by atoms with van der Waals surface area (Å²) in [6.45, 7) is 0. The van der Waals surface area contributed by atoms with Crippen molar-refractivity contribution in [2.24, 2.45) is 0 Å². The number of benzene rings is 3. The van der Waals surface area contributed by atoms with Gasteiger partial charge >= 0.3 is 0 Å². The van der Waals surface area contributed by atoms with Crippen LogP contribution in [0.2, 0.25) is 5.02 Å². The van der Waals surface area contributed by atoms with Crippen molar-refractivity contribution in [3.8, 4) is 23.0 Å². The third-order valence-electron chi connectivity index (χ3n) is 6.12. The number of fused-ring (bicyclic) bond motifs is 2. The van der Waals surface area contributed by atoms with E-state index < -0.39 is 0 Å². The lowest BCUT2D eigenvalue weighted by molar-refractivity contribution is 0.444. The maximum absolute atomic E-state index is 6.46. The molecular weight excluding hydrogens is 460 g/mol. The van der Waals surface area contributed by atoms with Crippen molar-refractivity contribution >= 4 is 27.5 Å². The minimum atomic E-state index is 0.595. The first kappa shape index (κ1) is 20.0. The molecule has 3 aromatic carbocycles. The van der Waals surface area contributed by atoms with E-state index in [4.69, 9.17) is 21.1 Å². The van der Waals surface area contributed by atoms with Gasteiger partial charge < -0.3 is 9.47 Å². The molecule has 0 N–H and O–H groups in total. The van der Waals surface area contributed by atoms with Crippen LogP contribution in [0.5, 0.6) is 23.0 Å². The normalized spacial score (nSPS) is 15.3. The molecule has 154 valence electrons. The summed E-state index contributed by atoms with van der Waals surface area (Å²) in [6, 6.07) is 16.4. The topological polar surface area (TPSA) is 18.5 Å². The Morgan fingerprint density at radius 3 is 1.60 bits per heavy atom. The van der Waals surface area contributed by atoms with Crippen LogP contribution < -0.4 is 9.47 Å². The summed E-state index contributed by atoms with van der Waals surface area (Å²) in [4.78, 5) is 0. The van der Waals surface area contributed by atoms with E-state index in [1.165, 1.54) is 47.9 Å². The maximum atomic E-state index is 6.46. The zero-order chi connectivity index (χ0) is 20.5. The highest BCUT2D eigenvalue weighted by Gasteiger charge is 2.19. The smallest absolute Gasteiger partial charge is 0.146 e. The fourth-order valence-electron chi connectivity index (χ4n) is 4.61. The van der Waals surface area contributed by atoms with E-state index in [1.807, 2.05) is 24.3 Å². The minimum absolute atomic E-state index is 0.595. The van der Waals surface area contributed by atoms with E-state index in [-0.39, 0.29) is 0 Å². The zero-order valence-electron chi connectivity index (χ0n) is 16.8. The van der Waals surface area contributed by atoms with Crippen LogP contribution in [0.3, 0.4) is 0 Å². The molecule has 0 saturated heterocycles. The summed E-state index contributed by atoms with van der Waals surface area (Å²) >= 11 is 10.2. The summed E-state index contributed by atoms with van der Waals surface area (Å²) in [7, 11) is 0. The van der Waals surface area contributed by atoms with Crippen molar-refractivity contribution in [1.82, 2.24) is 0 Å². The first-order chi connectivity index (χ1) is 14.7. The van der Waals surface area contributed by atoms with Gasteiger partial charge in [-0.3, -0.25) is 0 Å². The van der Waals surface area contributed by atoms with Crippen LogP contribution in [0.4, 0.5) is 0 Å². The van der Waals surface area contributed by atoms with Crippen LogP contribution in [-0.2, 0) is 25.7 Å². The van der Waals surface area contributed by atoms with E-state index in [0.29, 0.717) is 16.5 Å². The van der Waals surface area contributed by atoms with Crippen LogP contribution in [0, 0.1) is 0 Å². The van der Waals surface area contributed by atoms with E-state index in [1.54, 1.807) is 0 Å². The van der Waals surface area contributed by atoms with E-state index in [2.05, 4.69) is 40.2 Å². The molecular formula is C26H24BrClO2. The van der Waals surface area contributed by atoms with Gasteiger partial charge in [-0.15, -0.1) is 0 Å². The van der Waals surface area contributed by atoms with Gasteiger partial charge in [0.05, 0.1) is 0 Å². The molecule has 0 amide bonds. The Morgan fingerprint density at radius 1 is 0.633 bits per heavy atom. The largest absolute Gasteiger partial charge is 0.456 e. The molecule has 0 bridgehead atoms. The van der Waals surface area contributed by atoms with Crippen molar-refractivity contribution in [1.29, 1.82) is 0 Å². The van der Waals surface area contributed by atoms with Crippen LogP contribution in [0.15, 0.2) is 53.0 Å². The Labute approximate surface area is 191 Å². The lowest BCUT2D eigenvalue weighted by Crippen LogP contribution is -2.05. The van der Waals surface area contributed by atoms with E-state index >= 15 is 0 Å². The van der Waals surface area contributed by atoms with Gasteiger partial charge in [0.2, 0.25) is 0 Å². The predicted molar refractivity (Wildman–Crippen MR) is 125 cm³/mol. The fraction of sp³-hybridized carbons (Fsp3) is 0.308. The molecule has 0 radical (unpaired) electrons. The number of ether oxygens (including phenoxy) is 2. The molecule has 0 heterocycles. The highest BCUT2D eigenvalue weighted by Crippen LogP contribution is 2.44. The van der Waals surface area contributed by atoms with Gasteiger partial charge in [0.15, 0.2) is 0 Å². The molecule has 4 heteroatoms. The molecule has 5 rings (SSSR count). The van der Waals surface area contributed by atoms with E-state index in [9.17, 15) is 0 Å². The number of hydrogen-bond donors (Lipinski definition) is 0. The summed E-state index contributed by atoms with van der Waals surface area (Å²) in [5, 5.41) is 0.595. The Balaban J connectivity index is 1.48. The second-order valence-corrected chi connectivity index (χ2v) is 9.35. The zero-order valence-corrected chi connectivity index (χ0v) is 19.2. The predicted octanol–water partition coefficient (Wildman–Crippen LogP) is 8.44. The maximum Gasteiger partial charge on any atom is 0.146 e. The first-order valence-electron chi connectivity index (χ1n) is 10.8. The third kappa shape index (κ3) is 3.98. The van der Waals surface area contributed by atoms with Crippen molar-refractivity contribution in [2.45, 2.75) is 51.4 Å². The Bertz CT molecular complexity index is 1010. The van der Waals surface area contributed by atoms with Crippen LogP contribution >= 0.6 is 27.5 Å². The Kier molecular flexibility index (Phi) is 5.75. The second kappa shape index (κ2) is 8.64. The van der Waals surface area contributed by atoms with Crippen LogP contribution in [-0.4, -0.2) is 0 Å². The first-order valence-corrected chi connectivity index (χ1v) is 11.9. The quantitative estimate of drug-likeness (QED) is 0.370. The molecule has 2 aliphatic carbocycles. The lowest BCUT2D eigenvalue weighted by Gasteiger charge is -2.21. The van der Waals surface area contributed by atoms with Gasteiger partial charge in [-0.05, 0) is 102 Å². The van der Waals surface area contributed by atoms with Gasteiger partial charge in [0, 0.05) is 17.2 Å². The SMILES string of the molecule is Clc1cc(Oc2cccc3c2CCCC3)c(Br)c(Oc2cccc3c2CCCC3)c1. The summed E-state index contributed by atoms with van der Waals surface area (Å²) in [5.41, 5.74) is 5.42. The van der Waals surface area contributed by atoms with Gasteiger partial charge in [-0.1, -0.05) is 35.9 Å². The molecule has 0 fully saturated rings. The fourth-order valence-corrected chi connectivity index (χ4v) is 5.20. The second-order valence-electron chi connectivity index (χ2n) is 8.12. The van der Waals surface area contributed by atoms with Crippen molar-refractivity contribution in [3.05, 3.63) is 80.3 Å². The van der Waals surface area contributed by atoms with Gasteiger partial charge in [-0.25, -0.2) is 0 Å². The Morgan fingerprint density at radius 2 is 1.10 bits per heavy atom. The summed E-state index contributed by atoms with van der Waals surface area (Å²) < 4.78 is 13.5. The van der Waals surface area contributed by atoms with Gasteiger partial charge in [0.25, 0.3) is 0 Å². The monoisotopic (exact) mass is 482 g/mol. The lowest BCUT2D eigenvalue weighted by atomic mass is 9.91.